The van der Waals surface area contributed by atoms with Gasteiger partial charge >= 0.3 is 12.0 Å². The molecule has 3 heterocycles. The second kappa shape index (κ2) is 71.1. The lowest BCUT2D eigenvalue weighted by molar-refractivity contribution is -0.196. The van der Waals surface area contributed by atoms with Gasteiger partial charge in [-0.1, -0.05) is 11.5 Å². The lowest BCUT2D eigenvalue weighted by Gasteiger charge is -2.16. The average Bonchev–Trinajstić information content (AvgIpc) is 1.67. The summed E-state index contributed by atoms with van der Waals surface area (Å²) in [5.41, 5.74) is 0. The molecule has 584 valence electrons. The molecule has 35 heteroatoms. The van der Waals surface area contributed by atoms with Gasteiger partial charge in [0.25, 0.3) is 11.8 Å². The highest BCUT2D eigenvalue weighted by Crippen LogP contribution is 2.33. The first-order valence-corrected chi connectivity index (χ1v) is 36.1. The largest absolute Gasteiger partial charge is 0.378 e. The topological polar surface area (TPSA) is 355 Å². The van der Waals surface area contributed by atoms with Crippen molar-refractivity contribution in [2.24, 2.45) is 0 Å². The summed E-state index contributed by atoms with van der Waals surface area (Å²) >= 11 is 1.90. The molecule has 5 amide bonds. The highest BCUT2D eigenvalue weighted by atomic mass is 32.2. The van der Waals surface area contributed by atoms with E-state index < -0.39 is 17.8 Å². The van der Waals surface area contributed by atoms with Gasteiger partial charge in [0.05, 0.1) is 336 Å². The minimum Gasteiger partial charge on any atom is -0.378 e. The van der Waals surface area contributed by atoms with Crippen LogP contribution in [0.4, 0.5) is 4.79 Å². The number of nitrogens with one attached hydrogen (secondary N) is 3. The van der Waals surface area contributed by atoms with E-state index in [1.807, 2.05) is 11.8 Å². The third-order valence-electron chi connectivity index (χ3n) is 13.6. The maximum Gasteiger partial charge on any atom is 0.335 e. The fraction of sp³-hybridized carbons (Fsp3) is 0.892. The zero-order valence-corrected chi connectivity index (χ0v) is 59.7. The number of ether oxygens (including phenoxy) is 24. The molecular weight excluding hydrogens is 1350 g/mol. The molecule has 3 N–H and O–H groups in total. The minimum absolute atomic E-state index is 0.0348. The first kappa shape index (κ1) is 90.7. The van der Waals surface area contributed by atoms with Gasteiger partial charge in [0.2, 0.25) is 5.91 Å². The van der Waals surface area contributed by atoms with Crippen molar-refractivity contribution in [1.82, 2.24) is 21.0 Å². The maximum absolute atomic E-state index is 12.1. The fourth-order valence-electron chi connectivity index (χ4n) is 8.56. The number of thioether (sulfide) groups is 1. The first-order chi connectivity index (χ1) is 49.4. The Hall–Kier alpha value is -3.52. The number of unbranched alkanes of at least 4 members (excludes halogenated alkanes) is 1. The van der Waals surface area contributed by atoms with Crippen LogP contribution >= 0.6 is 11.8 Å². The Bertz CT molecular complexity index is 1920. The van der Waals surface area contributed by atoms with Crippen LogP contribution in [0.2, 0.25) is 0 Å². The highest BCUT2D eigenvalue weighted by molar-refractivity contribution is 8.00. The third-order valence-corrected chi connectivity index (χ3v) is 15.1. The normalized spacial score (nSPS) is 15.8. The Morgan fingerprint density at radius 1 is 0.340 bits per heavy atom. The van der Waals surface area contributed by atoms with Gasteiger partial charge in [0, 0.05) is 36.1 Å². The first-order valence-electron chi connectivity index (χ1n) is 35.0. The molecule has 0 spiro atoms. The molecule has 0 aromatic heterocycles. The second-order valence-corrected chi connectivity index (χ2v) is 22.7. The fourth-order valence-corrected chi connectivity index (χ4v) is 10.1. The van der Waals surface area contributed by atoms with Crippen molar-refractivity contribution in [3.8, 4) is 0 Å². The van der Waals surface area contributed by atoms with Crippen molar-refractivity contribution in [2.45, 2.75) is 49.4 Å². The molecular formula is C65H118N4O30S. The molecule has 3 unspecified atom stereocenters. The molecule has 34 nitrogen and oxygen atoms in total. The summed E-state index contributed by atoms with van der Waals surface area (Å²) in [7, 11) is 0. The molecule has 3 aliphatic heterocycles. The van der Waals surface area contributed by atoms with Crippen LogP contribution in [0, 0.1) is 0 Å². The molecule has 3 rings (SSSR count). The van der Waals surface area contributed by atoms with Gasteiger partial charge in [-0.2, -0.15) is 11.8 Å². The van der Waals surface area contributed by atoms with E-state index in [2.05, 4.69) is 16.0 Å². The summed E-state index contributed by atoms with van der Waals surface area (Å²) in [6, 6.07) is 0.379. The van der Waals surface area contributed by atoms with Gasteiger partial charge in [-0.25, -0.2) is 9.59 Å². The van der Waals surface area contributed by atoms with E-state index in [9.17, 15) is 24.0 Å². The van der Waals surface area contributed by atoms with Gasteiger partial charge in [-0.05, 0) is 12.8 Å². The zero-order valence-electron chi connectivity index (χ0n) is 58.9. The van der Waals surface area contributed by atoms with Crippen LogP contribution < -0.4 is 16.0 Å². The summed E-state index contributed by atoms with van der Waals surface area (Å²) in [5, 5.41) is 9.69. The summed E-state index contributed by atoms with van der Waals surface area (Å²) in [6.07, 6.45) is 5.23. The number of fused-ring (bicyclic) bond motifs is 1. The molecule has 3 aliphatic rings. The summed E-state index contributed by atoms with van der Waals surface area (Å²) in [4.78, 5) is 62.7. The summed E-state index contributed by atoms with van der Waals surface area (Å²) < 4.78 is 132. The zero-order chi connectivity index (χ0) is 71.0. The van der Waals surface area contributed by atoms with Gasteiger partial charge < -0.3 is 134 Å². The molecule has 0 aliphatic carbocycles. The van der Waals surface area contributed by atoms with E-state index in [1.165, 1.54) is 0 Å². The Kier molecular flexibility index (Phi) is 64.5. The Balaban J connectivity index is 0.833. The summed E-state index contributed by atoms with van der Waals surface area (Å²) in [5.74, 6) is -1.16. The smallest absolute Gasteiger partial charge is 0.335 e. The SMILES string of the molecule is O=C(CCCCC1SCC2NC(=O)NC21)NCCOCCOCCOCCOCCOCCOCCOCCOCCOCCOCCOCCOCCOCCOCCOCCOCCOCCOCCOCCOCCOCCOCCOCCOCCC(=O)ON1C(=O)C=CC1=O. The van der Waals surface area contributed by atoms with Crippen LogP contribution in [0.5, 0.6) is 0 Å². The number of amides is 5. The molecule has 2 saturated heterocycles. The number of urea groups is 1. The van der Waals surface area contributed by atoms with E-state index in [0.29, 0.717) is 327 Å². The van der Waals surface area contributed by atoms with Crippen molar-refractivity contribution >= 4 is 41.5 Å². The van der Waals surface area contributed by atoms with Crippen molar-refractivity contribution in [2.75, 3.05) is 329 Å². The predicted molar refractivity (Wildman–Crippen MR) is 358 cm³/mol. The van der Waals surface area contributed by atoms with E-state index in [1.54, 1.807) is 0 Å². The molecule has 2 fully saturated rings. The van der Waals surface area contributed by atoms with E-state index in [4.69, 9.17) is 119 Å². The second-order valence-electron chi connectivity index (χ2n) is 21.4. The molecule has 0 saturated carbocycles. The molecule has 0 bridgehead atoms. The van der Waals surface area contributed by atoms with Gasteiger partial charge in [0.1, 0.15) is 0 Å². The molecule has 0 radical (unpaired) electrons. The standard InChI is InChI=1S/C65H118N4O30S/c70-60(4-2-1-3-59-64-58(57-100-59)67-65(74)68-64)66-8-10-76-12-14-78-16-18-80-20-22-82-24-26-84-28-30-86-32-34-88-36-38-90-40-42-92-44-46-94-48-50-96-52-54-98-56-55-97-53-51-95-49-47-93-45-43-91-41-39-89-37-35-87-33-31-85-29-27-83-25-23-81-21-19-79-17-15-77-13-11-75-9-7-63(73)99-69-61(71)5-6-62(69)72/h5-6,58-59,64H,1-4,7-57H2,(H,66,70)(H2,67,68,74). The number of hydroxylamine groups is 2. The van der Waals surface area contributed by atoms with Gasteiger partial charge in [-0.15, -0.1) is 0 Å². The quantitative estimate of drug-likeness (QED) is 0.0410. The number of nitrogens with zero attached hydrogens (tertiary/aromatic N) is 1. The van der Waals surface area contributed by atoms with Crippen LogP contribution in [-0.2, 0) is 138 Å². The van der Waals surface area contributed by atoms with Gasteiger partial charge in [0.15, 0.2) is 0 Å². The van der Waals surface area contributed by atoms with E-state index in [0.717, 1.165) is 37.2 Å². The summed E-state index contributed by atoms with van der Waals surface area (Å²) in [6.45, 7) is 21.8. The maximum atomic E-state index is 12.1. The monoisotopic (exact) mass is 1470 g/mol. The van der Waals surface area contributed by atoms with Crippen LogP contribution in [0.25, 0.3) is 0 Å². The van der Waals surface area contributed by atoms with E-state index >= 15 is 0 Å². The number of carbonyl (C=O) groups is 5. The number of hydrogen-bond acceptors (Lipinski definition) is 31. The Morgan fingerprint density at radius 3 is 0.860 bits per heavy atom. The molecule has 0 aromatic rings. The van der Waals surface area contributed by atoms with Crippen LogP contribution in [0.15, 0.2) is 12.2 Å². The number of hydrogen-bond donors (Lipinski definition) is 3. The average molecular weight is 1470 g/mol. The van der Waals surface area contributed by atoms with E-state index in [-0.39, 0.29) is 43.7 Å². The lowest BCUT2D eigenvalue weighted by atomic mass is 10.0. The molecule has 100 heavy (non-hydrogen) atoms. The lowest BCUT2D eigenvalue weighted by Crippen LogP contribution is -2.36. The van der Waals surface area contributed by atoms with Crippen LogP contribution in [0.3, 0.4) is 0 Å². The Morgan fingerprint density at radius 2 is 0.590 bits per heavy atom. The van der Waals surface area contributed by atoms with Gasteiger partial charge in [-0.3, -0.25) is 14.4 Å². The molecule has 3 atom stereocenters. The van der Waals surface area contributed by atoms with Crippen molar-refractivity contribution in [1.29, 1.82) is 0 Å². The molecule has 0 aromatic carbocycles. The van der Waals surface area contributed by atoms with Crippen molar-refractivity contribution < 1.29 is 142 Å². The van der Waals surface area contributed by atoms with Crippen LogP contribution in [0.1, 0.15) is 32.1 Å². The van der Waals surface area contributed by atoms with Crippen molar-refractivity contribution in [3.05, 3.63) is 12.2 Å². The highest BCUT2D eigenvalue weighted by Gasteiger charge is 2.42. The number of rotatable bonds is 81. The predicted octanol–water partition coefficient (Wildman–Crippen LogP) is 0.0001000. The number of carbonyl (C=O) groups excluding carboxylic acids is 5. The van der Waals surface area contributed by atoms with Crippen molar-refractivity contribution in [3.63, 3.8) is 0 Å². The Labute approximate surface area is 594 Å². The number of imide groups is 1. The third kappa shape index (κ3) is 57.8. The minimum atomic E-state index is -0.746. The van der Waals surface area contributed by atoms with Crippen LogP contribution in [-0.4, -0.2) is 382 Å².